The number of carbonyl (C=O) groups is 2. The first-order chi connectivity index (χ1) is 21.3. The molecule has 1 aliphatic rings. The highest BCUT2D eigenvalue weighted by Gasteiger charge is 2.33. The van der Waals surface area contributed by atoms with E-state index in [1.807, 2.05) is 60.7 Å². The van der Waals surface area contributed by atoms with E-state index in [4.69, 9.17) is 4.74 Å². The molecule has 1 aliphatic carbocycles. The van der Waals surface area contributed by atoms with E-state index < -0.39 is 28.5 Å². The predicted molar refractivity (Wildman–Crippen MR) is 171 cm³/mol. The van der Waals surface area contributed by atoms with Crippen LogP contribution in [-0.2, 0) is 26.2 Å². The molecule has 5 rings (SSSR count). The van der Waals surface area contributed by atoms with Crippen molar-refractivity contribution in [3.63, 3.8) is 0 Å². The first kappa shape index (κ1) is 30.8. The van der Waals surface area contributed by atoms with Gasteiger partial charge in [-0.05, 0) is 73.9 Å². The van der Waals surface area contributed by atoms with Crippen LogP contribution in [0.1, 0.15) is 38.2 Å². The highest BCUT2D eigenvalue weighted by molar-refractivity contribution is 7.92. The van der Waals surface area contributed by atoms with Gasteiger partial charge >= 0.3 is 0 Å². The highest BCUT2D eigenvalue weighted by Crippen LogP contribution is 2.28. The summed E-state index contributed by atoms with van der Waals surface area (Å²) in [5.74, 6) is 0.421. The molecule has 2 amide bonds. The third-order valence-corrected chi connectivity index (χ3v) is 9.57. The lowest BCUT2D eigenvalue weighted by Crippen LogP contribution is -2.52. The number of hydrogen-bond donors (Lipinski definition) is 1. The Morgan fingerprint density at radius 3 is 1.95 bits per heavy atom. The minimum atomic E-state index is -4.15. The van der Waals surface area contributed by atoms with Crippen molar-refractivity contribution >= 4 is 27.5 Å². The Labute approximate surface area is 259 Å². The van der Waals surface area contributed by atoms with Gasteiger partial charge in [-0.1, -0.05) is 79.6 Å². The zero-order valence-electron chi connectivity index (χ0n) is 24.7. The summed E-state index contributed by atoms with van der Waals surface area (Å²) in [5.41, 5.74) is 1.13. The first-order valence-corrected chi connectivity index (χ1v) is 16.3. The SMILES string of the molecule is C[C@H](C(=O)NC1CCCC1)N(Cc1ccccc1)C(=O)CN(c1ccc(Oc2ccccc2)cc1)S(=O)(=O)c1ccccc1. The summed E-state index contributed by atoms with van der Waals surface area (Å²) in [5, 5.41) is 3.09. The number of ether oxygens (including phenoxy) is 1. The largest absolute Gasteiger partial charge is 0.457 e. The number of para-hydroxylation sites is 1. The van der Waals surface area contributed by atoms with Crippen molar-refractivity contribution in [2.45, 2.75) is 56.1 Å². The topological polar surface area (TPSA) is 96.0 Å². The average molecular weight is 612 g/mol. The molecule has 4 aromatic carbocycles. The minimum absolute atomic E-state index is 0.0547. The second-order valence-electron chi connectivity index (χ2n) is 10.9. The van der Waals surface area contributed by atoms with Crippen LogP contribution in [-0.4, -0.2) is 43.8 Å². The third-order valence-electron chi connectivity index (χ3n) is 7.78. The van der Waals surface area contributed by atoms with Crippen molar-refractivity contribution in [3.05, 3.63) is 121 Å². The van der Waals surface area contributed by atoms with E-state index in [9.17, 15) is 18.0 Å². The third kappa shape index (κ3) is 7.65. The molecule has 0 bridgehead atoms. The van der Waals surface area contributed by atoms with Crippen molar-refractivity contribution in [3.8, 4) is 11.5 Å². The van der Waals surface area contributed by atoms with Crippen LogP contribution in [0.3, 0.4) is 0 Å². The summed E-state index contributed by atoms with van der Waals surface area (Å²) >= 11 is 0. The maximum atomic E-state index is 14.1. The van der Waals surface area contributed by atoms with Crippen molar-refractivity contribution in [2.75, 3.05) is 10.8 Å². The molecule has 0 unspecified atom stereocenters. The van der Waals surface area contributed by atoms with Gasteiger partial charge in [0.1, 0.15) is 24.1 Å². The van der Waals surface area contributed by atoms with E-state index in [2.05, 4.69) is 5.32 Å². The number of nitrogens with one attached hydrogen (secondary N) is 1. The smallest absolute Gasteiger partial charge is 0.264 e. The fourth-order valence-electron chi connectivity index (χ4n) is 5.31. The monoisotopic (exact) mass is 611 g/mol. The van der Waals surface area contributed by atoms with E-state index in [-0.39, 0.29) is 23.4 Å². The summed E-state index contributed by atoms with van der Waals surface area (Å²) in [6.07, 6.45) is 3.96. The van der Waals surface area contributed by atoms with Crippen LogP contribution in [0.5, 0.6) is 11.5 Å². The summed E-state index contributed by atoms with van der Waals surface area (Å²) in [7, 11) is -4.15. The summed E-state index contributed by atoms with van der Waals surface area (Å²) in [4.78, 5) is 29.0. The molecule has 0 saturated heterocycles. The lowest BCUT2D eigenvalue weighted by Gasteiger charge is -2.32. The normalized spacial score (nSPS) is 14.0. The lowest BCUT2D eigenvalue weighted by molar-refractivity contribution is -0.139. The number of amides is 2. The van der Waals surface area contributed by atoms with Gasteiger partial charge < -0.3 is 15.0 Å². The minimum Gasteiger partial charge on any atom is -0.457 e. The van der Waals surface area contributed by atoms with E-state index in [1.54, 1.807) is 49.4 Å². The van der Waals surface area contributed by atoms with Gasteiger partial charge in [0.05, 0.1) is 10.6 Å². The summed E-state index contributed by atoms with van der Waals surface area (Å²) in [6.45, 7) is 1.35. The van der Waals surface area contributed by atoms with Crippen LogP contribution in [0.2, 0.25) is 0 Å². The van der Waals surface area contributed by atoms with Gasteiger partial charge in [0.2, 0.25) is 11.8 Å². The average Bonchev–Trinajstić information content (AvgIpc) is 3.57. The molecule has 44 heavy (non-hydrogen) atoms. The molecule has 9 heteroatoms. The predicted octanol–water partition coefficient (Wildman–Crippen LogP) is 6.15. The van der Waals surface area contributed by atoms with Crippen LogP contribution in [0.15, 0.2) is 120 Å². The Balaban J connectivity index is 1.45. The first-order valence-electron chi connectivity index (χ1n) is 14.9. The van der Waals surface area contributed by atoms with Gasteiger partial charge in [-0.15, -0.1) is 0 Å². The highest BCUT2D eigenvalue weighted by atomic mass is 32.2. The summed E-state index contributed by atoms with van der Waals surface area (Å²) in [6, 6.07) is 32.5. The van der Waals surface area contributed by atoms with Crippen molar-refractivity contribution in [2.24, 2.45) is 0 Å². The zero-order valence-corrected chi connectivity index (χ0v) is 25.5. The maximum Gasteiger partial charge on any atom is 0.264 e. The Kier molecular flexibility index (Phi) is 9.96. The fraction of sp³-hybridized carbons (Fsp3) is 0.257. The van der Waals surface area contributed by atoms with Gasteiger partial charge in [-0.2, -0.15) is 0 Å². The van der Waals surface area contributed by atoms with Crippen LogP contribution in [0.4, 0.5) is 5.69 Å². The van der Waals surface area contributed by atoms with Crippen molar-refractivity contribution in [1.29, 1.82) is 0 Å². The van der Waals surface area contributed by atoms with E-state index in [0.29, 0.717) is 17.2 Å². The fourth-order valence-corrected chi connectivity index (χ4v) is 6.74. The quantitative estimate of drug-likeness (QED) is 0.207. The lowest BCUT2D eigenvalue weighted by atomic mass is 10.1. The van der Waals surface area contributed by atoms with Gasteiger partial charge in [0, 0.05) is 12.6 Å². The molecule has 1 fully saturated rings. The number of nitrogens with zero attached hydrogens (tertiary/aromatic N) is 2. The number of anilines is 1. The van der Waals surface area contributed by atoms with Crippen molar-refractivity contribution in [1.82, 2.24) is 10.2 Å². The van der Waals surface area contributed by atoms with Crippen molar-refractivity contribution < 1.29 is 22.7 Å². The van der Waals surface area contributed by atoms with Gasteiger partial charge in [0.25, 0.3) is 10.0 Å². The zero-order chi connectivity index (χ0) is 30.9. The molecule has 0 spiro atoms. The molecule has 1 N–H and O–H groups in total. The molecule has 0 radical (unpaired) electrons. The number of carbonyl (C=O) groups excluding carboxylic acids is 2. The van der Waals surface area contributed by atoms with E-state index >= 15 is 0 Å². The van der Waals surface area contributed by atoms with Crippen LogP contribution in [0.25, 0.3) is 0 Å². The molecule has 0 aromatic heterocycles. The Morgan fingerprint density at radius 1 is 0.795 bits per heavy atom. The van der Waals surface area contributed by atoms with Gasteiger partial charge in [-0.3, -0.25) is 13.9 Å². The second-order valence-corrected chi connectivity index (χ2v) is 12.8. The number of rotatable bonds is 12. The molecule has 0 heterocycles. The molecule has 1 atom stereocenters. The summed E-state index contributed by atoms with van der Waals surface area (Å²) < 4.78 is 35.0. The second kappa shape index (κ2) is 14.2. The van der Waals surface area contributed by atoms with Crippen LogP contribution in [0, 0.1) is 0 Å². The number of sulfonamides is 1. The van der Waals surface area contributed by atoms with Crippen LogP contribution < -0.4 is 14.4 Å². The molecule has 1 saturated carbocycles. The number of benzene rings is 4. The van der Waals surface area contributed by atoms with E-state index in [0.717, 1.165) is 35.6 Å². The molecule has 4 aromatic rings. The Hall–Kier alpha value is -4.63. The molecular weight excluding hydrogens is 574 g/mol. The molecule has 0 aliphatic heterocycles. The van der Waals surface area contributed by atoms with Gasteiger partial charge in [-0.25, -0.2) is 8.42 Å². The molecular formula is C35H37N3O5S. The Morgan fingerprint density at radius 2 is 1.34 bits per heavy atom. The van der Waals surface area contributed by atoms with E-state index in [1.165, 1.54) is 17.0 Å². The standard InChI is InChI=1S/C35H37N3O5S/c1-27(35(40)36-29-15-11-12-16-29)37(25-28-13-5-2-6-14-28)34(39)26-38(44(41,42)33-19-9-4-10-20-33)30-21-23-32(24-22-30)43-31-17-7-3-8-18-31/h2-10,13-14,17-24,27,29H,11-12,15-16,25-26H2,1H3,(H,36,40)/t27-/m1/s1. The Bertz CT molecular complexity index is 1630. The molecule has 228 valence electrons. The van der Waals surface area contributed by atoms with Gasteiger partial charge in [0.15, 0.2) is 0 Å². The maximum absolute atomic E-state index is 14.1. The number of hydrogen-bond acceptors (Lipinski definition) is 5. The molecule has 8 nitrogen and oxygen atoms in total. The van der Waals surface area contributed by atoms with Crippen LogP contribution >= 0.6 is 0 Å².